The Kier molecular flexibility index (Phi) is 8.28. The van der Waals surface area contributed by atoms with Gasteiger partial charge in [-0.05, 0) is 45.2 Å². The molecule has 0 aliphatic carbocycles. The first-order chi connectivity index (χ1) is 10.8. The highest BCUT2D eigenvalue weighted by atomic mass is 16.5. The zero-order valence-electron chi connectivity index (χ0n) is 14.5. The minimum absolute atomic E-state index is 0.0570. The van der Waals surface area contributed by atoms with Gasteiger partial charge in [0.1, 0.15) is 0 Å². The van der Waals surface area contributed by atoms with Crippen molar-refractivity contribution in [3.63, 3.8) is 0 Å². The molecule has 3 rings (SSSR count). The lowest BCUT2D eigenvalue weighted by atomic mass is 9.81. The van der Waals surface area contributed by atoms with Crippen molar-refractivity contribution < 1.29 is 9.53 Å². The van der Waals surface area contributed by atoms with Gasteiger partial charge in [-0.25, -0.2) is 0 Å². The summed E-state index contributed by atoms with van der Waals surface area (Å²) in [6, 6.07) is 0. The average molecular weight is 309 g/mol. The van der Waals surface area contributed by atoms with Crippen LogP contribution in [0.1, 0.15) is 77.6 Å². The quantitative estimate of drug-likeness (QED) is 0.708. The van der Waals surface area contributed by atoms with Gasteiger partial charge in [-0.1, -0.05) is 51.4 Å². The maximum atomic E-state index is 12.3. The second kappa shape index (κ2) is 10.3. The third-order valence-corrected chi connectivity index (χ3v) is 5.48. The van der Waals surface area contributed by atoms with Crippen molar-refractivity contribution in [1.29, 1.82) is 0 Å². The molecular formula is C19H35NO2. The van der Waals surface area contributed by atoms with Gasteiger partial charge < -0.3 is 9.64 Å². The number of hydrogen-bond acceptors (Lipinski definition) is 3. The molecule has 3 heteroatoms. The number of ether oxygens (including phenoxy) is 1. The van der Waals surface area contributed by atoms with Gasteiger partial charge in [-0.3, -0.25) is 4.79 Å². The van der Waals surface area contributed by atoms with Crippen molar-refractivity contribution in [3.8, 4) is 0 Å². The van der Waals surface area contributed by atoms with Crippen LogP contribution in [0.2, 0.25) is 0 Å². The summed E-state index contributed by atoms with van der Waals surface area (Å²) >= 11 is 0. The molecule has 2 bridgehead atoms. The van der Waals surface area contributed by atoms with Crippen molar-refractivity contribution in [1.82, 2.24) is 4.90 Å². The monoisotopic (exact) mass is 309 g/mol. The van der Waals surface area contributed by atoms with Gasteiger partial charge in [-0.15, -0.1) is 0 Å². The van der Waals surface area contributed by atoms with Crippen molar-refractivity contribution in [2.45, 2.75) is 77.6 Å². The standard InChI is InChI=1S/C19H35NO2/c1-2-22-19(21)18-16-20-14-11-9-7-5-3-4-6-8-10-12-17(18)13-15-20/h17-18H,2-16H2,1H3. The number of hydrogen-bond donors (Lipinski definition) is 0. The van der Waals surface area contributed by atoms with E-state index in [0.29, 0.717) is 12.5 Å². The molecule has 0 N–H and O–H groups in total. The zero-order valence-corrected chi connectivity index (χ0v) is 14.5. The molecule has 0 aromatic heterocycles. The summed E-state index contributed by atoms with van der Waals surface area (Å²) in [5.41, 5.74) is 0. The maximum absolute atomic E-state index is 12.3. The summed E-state index contributed by atoms with van der Waals surface area (Å²) in [7, 11) is 0. The molecule has 0 saturated carbocycles. The van der Waals surface area contributed by atoms with Crippen LogP contribution in [0, 0.1) is 11.8 Å². The van der Waals surface area contributed by atoms with E-state index in [9.17, 15) is 4.79 Å². The molecule has 0 radical (unpaired) electrons. The van der Waals surface area contributed by atoms with E-state index in [4.69, 9.17) is 4.74 Å². The molecule has 0 spiro atoms. The summed E-state index contributed by atoms with van der Waals surface area (Å²) in [6.45, 7) is 5.72. The largest absolute Gasteiger partial charge is 0.466 e. The summed E-state index contributed by atoms with van der Waals surface area (Å²) in [5.74, 6) is 0.737. The molecule has 3 aliphatic heterocycles. The van der Waals surface area contributed by atoms with Crippen LogP contribution >= 0.6 is 0 Å². The SMILES string of the molecule is CCOC(=O)C1CN2CCCCCCCCCCCC1CC2. The zero-order chi connectivity index (χ0) is 15.6. The van der Waals surface area contributed by atoms with E-state index >= 15 is 0 Å². The number of carbonyl (C=O) groups is 1. The summed E-state index contributed by atoms with van der Waals surface area (Å²) in [6.07, 6.45) is 14.7. The van der Waals surface area contributed by atoms with E-state index in [1.54, 1.807) is 0 Å². The molecule has 3 fully saturated rings. The fourth-order valence-electron chi connectivity index (χ4n) is 4.11. The van der Waals surface area contributed by atoms with Gasteiger partial charge in [-0.2, -0.15) is 0 Å². The van der Waals surface area contributed by atoms with E-state index in [1.165, 1.54) is 83.7 Å². The summed E-state index contributed by atoms with van der Waals surface area (Å²) in [5, 5.41) is 0. The van der Waals surface area contributed by atoms with Crippen LogP contribution in [-0.4, -0.2) is 37.1 Å². The Hall–Kier alpha value is -0.570. The Balaban J connectivity index is 1.93. The van der Waals surface area contributed by atoms with Crippen molar-refractivity contribution >= 4 is 5.97 Å². The van der Waals surface area contributed by atoms with Crippen LogP contribution in [0.25, 0.3) is 0 Å². The molecule has 3 aliphatic rings. The smallest absolute Gasteiger partial charge is 0.310 e. The van der Waals surface area contributed by atoms with Crippen molar-refractivity contribution in [2.75, 3.05) is 26.2 Å². The topological polar surface area (TPSA) is 29.5 Å². The third kappa shape index (κ3) is 5.91. The maximum Gasteiger partial charge on any atom is 0.310 e. The van der Waals surface area contributed by atoms with E-state index in [1.807, 2.05) is 6.92 Å². The number of carbonyl (C=O) groups excluding carboxylic acids is 1. The van der Waals surface area contributed by atoms with Gasteiger partial charge in [0.25, 0.3) is 0 Å². The van der Waals surface area contributed by atoms with Crippen molar-refractivity contribution in [3.05, 3.63) is 0 Å². The summed E-state index contributed by atoms with van der Waals surface area (Å²) in [4.78, 5) is 14.8. The number of piperidine rings is 1. The molecule has 0 amide bonds. The predicted octanol–water partition coefficient (Wildman–Crippen LogP) is 4.40. The molecule has 0 aromatic carbocycles. The number of rotatable bonds is 2. The van der Waals surface area contributed by atoms with Crippen LogP contribution in [0.15, 0.2) is 0 Å². The number of fused-ring (bicyclic) bond motifs is 12. The average Bonchev–Trinajstić information content (AvgIpc) is 2.54. The van der Waals surface area contributed by atoms with Gasteiger partial charge in [0.05, 0.1) is 12.5 Å². The highest BCUT2D eigenvalue weighted by Gasteiger charge is 2.34. The fourth-order valence-corrected chi connectivity index (χ4v) is 4.11. The molecule has 22 heavy (non-hydrogen) atoms. The third-order valence-electron chi connectivity index (χ3n) is 5.48. The Bertz CT molecular complexity index is 315. The first-order valence-corrected chi connectivity index (χ1v) is 9.70. The highest BCUT2D eigenvalue weighted by Crippen LogP contribution is 2.30. The first kappa shape index (κ1) is 17.8. The minimum Gasteiger partial charge on any atom is -0.466 e. The number of esters is 1. The molecule has 3 nitrogen and oxygen atoms in total. The summed E-state index contributed by atoms with van der Waals surface area (Å²) < 4.78 is 5.36. The van der Waals surface area contributed by atoms with Crippen LogP contribution in [-0.2, 0) is 9.53 Å². The van der Waals surface area contributed by atoms with Crippen LogP contribution < -0.4 is 0 Å². The minimum atomic E-state index is 0.0570. The lowest BCUT2D eigenvalue weighted by molar-refractivity contribution is -0.152. The Morgan fingerprint density at radius 2 is 1.55 bits per heavy atom. The fraction of sp³-hybridized carbons (Fsp3) is 0.947. The van der Waals surface area contributed by atoms with E-state index in [0.717, 1.165) is 6.54 Å². The van der Waals surface area contributed by atoms with Crippen molar-refractivity contribution in [2.24, 2.45) is 11.8 Å². The van der Waals surface area contributed by atoms with Crippen LogP contribution in [0.3, 0.4) is 0 Å². The molecule has 3 saturated heterocycles. The second-order valence-electron chi connectivity index (χ2n) is 7.18. The van der Waals surface area contributed by atoms with E-state index in [2.05, 4.69) is 4.90 Å². The van der Waals surface area contributed by atoms with Crippen LogP contribution in [0.5, 0.6) is 0 Å². The van der Waals surface area contributed by atoms with Gasteiger partial charge in [0.2, 0.25) is 0 Å². The second-order valence-corrected chi connectivity index (χ2v) is 7.18. The molecule has 3 heterocycles. The highest BCUT2D eigenvalue weighted by molar-refractivity contribution is 5.73. The molecular weight excluding hydrogens is 274 g/mol. The Morgan fingerprint density at radius 3 is 2.23 bits per heavy atom. The Morgan fingerprint density at radius 1 is 0.909 bits per heavy atom. The molecule has 128 valence electrons. The van der Waals surface area contributed by atoms with Gasteiger partial charge >= 0.3 is 5.97 Å². The normalized spacial score (nSPS) is 32.0. The van der Waals surface area contributed by atoms with Gasteiger partial charge in [0, 0.05) is 6.54 Å². The van der Waals surface area contributed by atoms with Crippen LogP contribution in [0.4, 0.5) is 0 Å². The van der Waals surface area contributed by atoms with E-state index in [-0.39, 0.29) is 11.9 Å². The molecule has 0 aromatic rings. The number of nitrogens with zero attached hydrogens (tertiary/aromatic N) is 1. The Labute approximate surface area is 136 Å². The lowest BCUT2D eigenvalue weighted by Crippen LogP contribution is -2.44. The van der Waals surface area contributed by atoms with E-state index < -0.39 is 0 Å². The lowest BCUT2D eigenvalue weighted by Gasteiger charge is -2.37. The molecule has 3 atom stereocenters. The molecule has 3 unspecified atom stereocenters. The predicted molar refractivity (Wildman–Crippen MR) is 90.8 cm³/mol. The first-order valence-electron chi connectivity index (χ1n) is 9.70. The van der Waals surface area contributed by atoms with Gasteiger partial charge in [0.15, 0.2) is 0 Å².